The highest BCUT2D eigenvalue weighted by Gasteiger charge is 2.42. The van der Waals surface area contributed by atoms with Crippen LogP contribution in [-0.2, 0) is 4.74 Å². The molecule has 21 heavy (non-hydrogen) atoms. The minimum absolute atomic E-state index is 0.155. The number of hydrogen-bond acceptors (Lipinski definition) is 2. The average Bonchev–Trinajstić information content (AvgIpc) is 2.77. The summed E-state index contributed by atoms with van der Waals surface area (Å²) < 4.78 is 44.2. The quantitative estimate of drug-likeness (QED) is 0.838. The zero-order valence-corrected chi connectivity index (χ0v) is 13.0. The third-order valence-corrected chi connectivity index (χ3v) is 3.55. The lowest BCUT2D eigenvalue weighted by Crippen LogP contribution is -2.53. The lowest BCUT2D eigenvalue weighted by Gasteiger charge is -2.29. The van der Waals surface area contributed by atoms with E-state index < -0.39 is 23.7 Å². The molecule has 0 saturated carbocycles. The molecule has 7 heteroatoms. The van der Waals surface area contributed by atoms with Crippen LogP contribution in [0.25, 0.3) is 0 Å². The molecule has 4 nitrogen and oxygen atoms in total. The molecule has 0 radical (unpaired) electrons. The van der Waals surface area contributed by atoms with Crippen LogP contribution in [0.2, 0.25) is 0 Å². The molecule has 1 saturated heterocycles. The molecule has 0 unspecified atom stereocenters. The fourth-order valence-electron chi connectivity index (χ4n) is 2.33. The molecule has 0 aliphatic carbocycles. The predicted molar refractivity (Wildman–Crippen MR) is 74.0 cm³/mol. The van der Waals surface area contributed by atoms with Gasteiger partial charge in [0, 0.05) is 18.6 Å². The van der Waals surface area contributed by atoms with Crippen molar-refractivity contribution in [3.05, 3.63) is 0 Å². The summed E-state index contributed by atoms with van der Waals surface area (Å²) in [5.74, 6) is 0.155. The number of carbonyl (C=O) groups excluding carboxylic acids is 1. The summed E-state index contributed by atoms with van der Waals surface area (Å²) in [4.78, 5) is 11.8. The molecule has 1 fully saturated rings. The minimum atomic E-state index is -4.45. The van der Waals surface area contributed by atoms with E-state index in [2.05, 4.69) is 10.6 Å². The number of carbonyl (C=O) groups is 1. The second kappa shape index (κ2) is 6.85. The van der Waals surface area contributed by atoms with Crippen molar-refractivity contribution in [2.24, 2.45) is 11.3 Å². The van der Waals surface area contributed by atoms with Gasteiger partial charge in [-0.15, -0.1) is 0 Å². The first-order chi connectivity index (χ1) is 9.49. The first kappa shape index (κ1) is 18.1. The SMILES string of the molecule is C[C@H](NC(=O)N[C@H](CC(C)(C)C)C(F)(F)F)[C@@H]1CCOC1. The number of urea groups is 1. The van der Waals surface area contributed by atoms with Crippen molar-refractivity contribution in [3.8, 4) is 0 Å². The number of amides is 2. The second-order valence-corrected chi connectivity index (χ2v) is 6.89. The van der Waals surface area contributed by atoms with Crippen molar-refractivity contribution in [2.75, 3.05) is 13.2 Å². The van der Waals surface area contributed by atoms with Gasteiger partial charge in [0.25, 0.3) is 0 Å². The van der Waals surface area contributed by atoms with E-state index in [9.17, 15) is 18.0 Å². The molecule has 0 spiro atoms. The molecule has 0 aromatic heterocycles. The van der Waals surface area contributed by atoms with Gasteiger partial charge in [-0.3, -0.25) is 0 Å². The maximum Gasteiger partial charge on any atom is 0.408 e. The Hall–Kier alpha value is -0.980. The Balaban J connectivity index is 2.55. The molecule has 1 aliphatic rings. The van der Waals surface area contributed by atoms with E-state index in [1.165, 1.54) is 0 Å². The molecule has 0 bridgehead atoms. The van der Waals surface area contributed by atoms with Crippen LogP contribution in [0.4, 0.5) is 18.0 Å². The Morgan fingerprint density at radius 1 is 1.29 bits per heavy atom. The standard InChI is InChI=1S/C14H25F3N2O2/c1-9(10-5-6-21-8-10)18-12(20)19-11(14(15,16)17)7-13(2,3)4/h9-11H,5-8H2,1-4H3,(H2,18,19,20)/t9-,10+,11+/m0/s1. The van der Waals surface area contributed by atoms with Gasteiger partial charge in [0.1, 0.15) is 6.04 Å². The molecular weight excluding hydrogens is 285 g/mol. The van der Waals surface area contributed by atoms with E-state index in [-0.39, 0.29) is 18.4 Å². The van der Waals surface area contributed by atoms with Crippen LogP contribution in [0.3, 0.4) is 0 Å². The summed E-state index contributed by atoms with van der Waals surface area (Å²) in [6.45, 7) is 8.09. The van der Waals surface area contributed by atoms with E-state index in [1.807, 2.05) is 0 Å². The highest BCUT2D eigenvalue weighted by atomic mass is 19.4. The fraction of sp³-hybridized carbons (Fsp3) is 0.929. The van der Waals surface area contributed by atoms with Gasteiger partial charge in [-0.2, -0.15) is 13.2 Å². The molecule has 2 N–H and O–H groups in total. The van der Waals surface area contributed by atoms with E-state index in [4.69, 9.17) is 4.74 Å². The summed E-state index contributed by atoms with van der Waals surface area (Å²) in [6, 6.07) is -2.83. The van der Waals surface area contributed by atoms with Crippen LogP contribution in [-0.4, -0.2) is 37.5 Å². The summed E-state index contributed by atoms with van der Waals surface area (Å²) in [6.07, 6.45) is -3.80. The molecule has 2 amide bonds. The zero-order valence-electron chi connectivity index (χ0n) is 13.0. The molecule has 3 atom stereocenters. The van der Waals surface area contributed by atoms with Gasteiger partial charge in [0.2, 0.25) is 0 Å². The third kappa shape index (κ3) is 6.54. The fourth-order valence-corrected chi connectivity index (χ4v) is 2.33. The van der Waals surface area contributed by atoms with Crippen LogP contribution < -0.4 is 10.6 Å². The maximum absolute atomic E-state index is 13.0. The summed E-state index contributed by atoms with van der Waals surface area (Å²) in [7, 11) is 0. The largest absolute Gasteiger partial charge is 0.408 e. The first-order valence-electron chi connectivity index (χ1n) is 7.20. The van der Waals surface area contributed by atoms with Crippen molar-refractivity contribution in [1.29, 1.82) is 0 Å². The topological polar surface area (TPSA) is 50.4 Å². The van der Waals surface area contributed by atoms with Gasteiger partial charge in [-0.1, -0.05) is 20.8 Å². The molecule has 1 aliphatic heterocycles. The molecule has 1 heterocycles. The minimum Gasteiger partial charge on any atom is -0.381 e. The average molecular weight is 310 g/mol. The van der Waals surface area contributed by atoms with Crippen LogP contribution in [0, 0.1) is 11.3 Å². The Morgan fingerprint density at radius 2 is 1.90 bits per heavy atom. The monoisotopic (exact) mass is 310 g/mol. The molecule has 124 valence electrons. The lowest BCUT2D eigenvalue weighted by molar-refractivity contribution is -0.159. The number of alkyl halides is 3. The van der Waals surface area contributed by atoms with Gasteiger partial charge in [-0.25, -0.2) is 4.79 Å². The Morgan fingerprint density at radius 3 is 2.33 bits per heavy atom. The summed E-state index contributed by atoms with van der Waals surface area (Å²) >= 11 is 0. The number of ether oxygens (including phenoxy) is 1. The van der Waals surface area contributed by atoms with E-state index in [0.29, 0.717) is 13.2 Å². The highest BCUT2D eigenvalue weighted by Crippen LogP contribution is 2.30. The Kier molecular flexibility index (Phi) is 5.90. The van der Waals surface area contributed by atoms with E-state index >= 15 is 0 Å². The molecule has 1 rings (SSSR count). The summed E-state index contributed by atoms with van der Waals surface area (Å²) in [5.41, 5.74) is -0.529. The first-order valence-corrected chi connectivity index (χ1v) is 7.20. The van der Waals surface area contributed by atoms with Crippen molar-refractivity contribution in [2.45, 2.75) is 58.8 Å². The number of hydrogen-bond donors (Lipinski definition) is 2. The highest BCUT2D eigenvalue weighted by molar-refractivity contribution is 5.74. The van der Waals surface area contributed by atoms with Gasteiger partial charge in [0.05, 0.1) is 6.61 Å². The predicted octanol–water partition coefficient (Wildman–Crippen LogP) is 3.08. The molecule has 0 aromatic carbocycles. The number of nitrogens with one attached hydrogen (secondary N) is 2. The normalized spacial score (nSPS) is 22.7. The van der Waals surface area contributed by atoms with Crippen LogP contribution >= 0.6 is 0 Å². The van der Waals surface area contributed by atoms with Gasteiger partial charge < -0.3 is 15.4 Å². The second-order valence-electron chi connectivity index (χ2n) is 6.89. The molecular formula is C14H25F3N2O2. The van der Waals surface area contributed by atoms with E-state index in [1.54, 1.807) is 27.7 Å². The van der Waals surface area contributed by atoms with Crippen molar-refractivity contribution in [1.82, 2.24) is 10.6 Å². The van der Waals surface area contributed by atoms with Gasteiger partial charge in [-0.05, 0) is 25.2 Å². The van der Waals surface area contributed by atoms with Crippen LogP contribution in [0.15, 0.2) is 0 Å². The Bertz CT molecular complexity index is 347. The molecule has 0 aromatic rings. The van der Waals surface area contributed by atoms with Crippen LogP contribution in [0.5, 0.6) is 0 Å². The van der Waals surface area contributed by atoms with Crippen molar-refractivity contribution in [3.63, 3.8) is 0 Å². The van der Waals surface area contributed by atoms with E-state index in [0.717, 1.165) is 6.42 Å². The smallest absolute Gasteiger partial charge is 0.381 e. The van der Waals surface area contributed by atoms with Gasteiger partial charge >= 0.3 is 12.2 Å². The summed E-state index contributed by atoms with van der Waals surface area (Å²) in [5, 5.41) is 4.63. The third-order valence-electron chi connectivity index (χ3n) is 3.55. The van der Waals surface area contributed by atoms with Crippen molar-refractivity contribution < 1.29 is 22.7 Å². The van der Waals surface area contributed by atoms with Crippen molar-refractivity contribution >= 4 is 6.03 Å². The number of rotatable bonds is 4. The van der Waals surface area contributed by atoms with Gasteiger partial charge in [0.15, 0.2) is 0 Å². The van der Waals surface area contributed by atoms with Crippen LogP contribution in [0.1, 0.15) is 40.5 Å². The lowest BCUT2D eigenvalue weighted by atomic mass is 9.88. The zero-order chi connectivity index (χ0) is 16.3. The Labute approximate surface area is 123 Å². The maximum atomic E-state index is 13.0. The number of halogens is 3.